The Morgan fingerprint density at radius 3 is 2.69 bits per heavy atom. The largest absolute Gasteiger partial charge is 0.453 e. The Morgan fingerprint density at radius 2 is 2.00 bits per heavy atom. The number of carbonyl (C=O) groups excluding carboxylic acids is 1. The maximum Gasteiger partial charge on any atom is 0.264 e. The molecule has 2 aromatic heterocycles. The molecule has 0 fully saturated rings. The highest BCUT2D eigenvalue weighted by Crippen LogP contribution is 2.36. The average molecular weight is 519 g/mol. The molecule has 4 aromatic rings. The molecule has 0 bridgehead atoms. The van der Waals surface area contributed by atoms with Gasteiger partial charge in [0.05, 0.1) is 23.7 Å². The first kappa shape index (κ1) is 24.7. The van der Waals surface area contributed by atoms with Crippen LogP contribution < -0.4 is 10.5 Å². The monoisotopic (exact) mass is 518 g/mol. The zero-order chi connectivity index (χ0) is 25.3. The zero-order valence-electron chi connectivity index (χ0n) is 19.0. The highest BCUT2D eigenvalue weighted by molar-refractivity contribution is 6.32. The van der Waals surface area contributed by atoms with Crippen LogP contribution in [0.3, 0.4) is 0 Å². The third kappa shape index (κ3) is 5.17. The number of carbonyl (C=O) groups is 1. The van der Waals surface area contributed by atoms with Crippen molar-refractivity contribution in [2.45, 2.75) is 26.9 Å². The van der Waals surface area contributed by atoms with Crippen molar-refractivity contribution in [3.05, 3.63) is 74.5 Å². The summed E-state index contributed by atoms with van der Waals surface area (Å²) >= 11 is 12.2. The van der Waals surface area contributed by atoms with E-state index < -0.39 is 5.82 Å². The molecule has 0 atom stereocenters. The van der Waals surface area contributed by atoms with Crippen LogP contribution >= 0.6 is 23.2 Å². The van der Waals surface area contributed by atoms with Crippen molar-refractivity contribution in [2.24, 2.45) is 0 Å². The topological polar surface area (TPSA) is 116 Å². The summed E-state index contributed by atoms with van der Waals surface area (Å²) in [6.07, 6.45) is -0.0195. The third-order valence-electron chi connectivity index (χ3n) is 5.23. The first-order chi connectivity index (χ1) is 16.7. The fraction of sp³-hybridized carbons (Fsp3) is 0.208. The van der Waals surface area contributed by atoms with Crippen LogP contribution in [0.4, 0.5) is 10.1 Å². The summed E-state index contributed by atoms with van der Waals surface area (Å²) in [7, 11) is 1.53. The van der Waals surface area contributed by atoms with Gasteiger partial charge in [0.15, 0.2) is 17.3 Å². The third-order valence-corrected chi connectivity index (χ3v) is 5.75. The normalized spacial score (nSPS) is 11.1. The minimum absolute atomic E-state index is 0.0195. The molecule has 0 aliphatic heterocycles. The quantitative estimate of drug-likeness (QED) is 0.212. The highest BCUT2D eigenvalue weighted by atomic mass is 35.5. The number of nitrogens with two attached hydrogens (primary N) is 1. The summed E-state index contributed by atoms with van der Waals surface area (Å²) in [5, 5.41) is 8.51. The van der Waals surface area contributed by atoms with Gasteiger partial charge in [0.2, 0.25) is 5.89 Å². The summed E-state index contributed by atoms with van der Waals surface area (Å²) in [4.78, 5) is 15.2. The Hall–Kier alpha value is -3.40. The van der Waals surface area contributed by atoms with Crippen molar-refractivity contribution in [2.75, 3.05) is 12.8 Å². The van der Waals surface area contributed by atoms with Crippen LogP contribution in [0, 0.1) is 12.7 Å². The molecule has 8 nitrogen and oxygen atoms in total. The van der Waals surface area contributed by atoms with Crippen LogP contribution in [0.25, 0.3) is 11.6 Å². The zero-order valence-corrected chi connectivity index (χ0v) is 20.6. The van der Waals surface area contributed by atoms with E-state index in [9.17, 15) is 4.79 Å². The minimum Gasteiger partial charge on any atom is -0.453 e. The van der Waals surface area contributed by atoms with Gasteiger partial charge < -0.3 is 24.6 Å². The number of nitrogens with one attached hydrogen (secondary N) is 1. The van der Waals surface area contributed by atoms with Crippen molar-refractivity contribution in [3.63, 3.8) is 0 Å². The highest BCUT2D eigenvalue weighted by Gasteiger charge is 2.23. The molecule has 0 saturated carbocycles. The van der Waals surface area contributed by atoms with Gasteiger partial charge in [0, 0.05) is 35.0 Å². The van der Waals surface area contributed by atoms with Crippen LogP contribution in [-0.2, 0) is 17.8 Å². The lowest BCUT2D eigenvalue weighted by molar-refractivity contribution is 0.101. The number of nitrogens with zero attached hydrogens (tertiary/aromatic N) is 2. The van der Waals surface area contributed by atoms with E-state index in [1.54, 1.807) is 13.0 Å². The Labute approximate surface area is 210 Å². The maximum absolute atomic E-state index is 15.3. The molecule has 11 heteroatoms. The number of anilines is 1. The fourth-order valence-electron chi connectivity index (χ4n) is 3.75. The first-order valence-corrected chi connectivity index (χ1v) is 11.2. The van der Waals surface area contributed by atoms with Crippen molar-refractivity contribution >= 4 is 34.7 Å². The summed E-state index contributed by atoms with van der Waals surface area (Å²) in [5.74, 6) is -0.417. The molecule has 182 valence electrons. The smallest absolute Gasteiger partial charge is 0.264 e. The number of hydrogen-bond donors (Lipinski definition) is 2. The molecule has 35 heavy (non-hydrogen) atoms. The molecule has 0 aliphatic carbocycles. The van der Waals surface area contributed by atoms with Gasteiger partial charge in [-0.2, -0.15) is 0 Å². The van der Waals surface area contributed by atoms with Crippen molar-refractivity contribution in [1.82, 2.24) is 15.2 Å². The second-order valence-corrected chi connectivity index (χ2v) is 8.66. The van der Waals surface area contributed by atoms with E-state index in [4.69, 9.17) is 42.8 Å². The molecule has 2 heterocycles. The number of hydrogen-bond acceptors (Lipinski definition) is 7. The standard InChI is InChI=1S/C24H21Cl2FN4O4/c1-11-20(12(2)32)18(10-33-3)29-22(11)24-31-30-19(35-24)6-13-4-5-17(26)23(21(13)27)34-16-8-14(25)7-15(28)9-16/h4-5,7-9,29H,6,10,28H2,1-3H3. The van der Waals surface area contributed by atoms with Gasteiger partial charge in [0.1, 0.15) is 11.4 Å². The predicted molar refractivity (Wildman–Crippen MR) is 130 cm³/mol. The number of benzene rings is 2. The number of ether oxygens (including phenoxy) is 2. The second-order valence-electron chi connectivity index (χ2n) is 7.82. The lowest BCUT2D eigenvalue weighted by atomic mass is 10.1. The fourth-order valence-corrected chi connectivity index (χ4v) is 4.17. The van der Waals surface area contributed by atoms with E-state index in [1.165, 1.54) is 38.3 Å². The number of aromatic nitrogens is 3. The molecular weight excluding hydrogens is 498 g/mol. The lowest BCUT2D eigenvalue weighted by Crippen LogP contribution is -1.99. The van der Waals surface area contributed by atoms with E-state index in [0.29, 0.717) is 33.2 Å². The predicted octanol–water partition coefficient (Wildman–Crippen LogP) is 6.13. The number of rotatable bonds is 8. The SMILES string of the molecule is COCc1[nH]c(-c2nnc(Cc3ccc(Cl)c(Oc4cc(N)cc(Cl)c4)c3F)o2)c(C)c1C(C)=O. The van der Waals surface area contributed by atoms with Crippen molar-refractivity contribution in [1.29, 1.82) is 0 Å². The maximum atomic E-state index is 15.3. The van der Waals surface area contributed by atoms with Gasteiger partial charge in [-0.3, -0.25) is 4.79 Å². The Kier molecular flexibility index (Phi) is 7.11. The molecule has 3 N–H and O–H groups in total. The first-order valence-electron chi connectivity index (χ1n) is 10.4. The molecule has 0 amide bonds. The Morgan fingerprint density at radius 1 is 1.23 bits per heavy atom. The van der Waals surface area contributed by atoms with Gasteiger partial charge in [0.25, 0.3) is 5.89 Å². The van der Waals surface area contributed by atoms with Crippen molar-refractivity contribution in [3.8, 4) is 23.1 Å². The second kappa shape index (κ2) is 10.1. The van der Waals surface area contributed by atoms with Gasteiger partial charge in [-0.1, -0.05) is 29.3 Å². The molecule has 4 rings (SSSR count). The van der Waals surface area contributed by atoms with Crippen LogP contribution in [0.1, 0.15) is 40.0 Å². The van der Waals surface area contributed by atoms with Crippen LogP contribution in [0.15, 0.2) is 34.7 Å². The molecule has 0 spiro atoms. The molecule has 0 saturated heterocycles. The van der Waals surface area contributed by atoms with Crippen LogP contribution in [-0.4, -0.2) is 28.1 Å². The summed E-state index contributed by atoms with van der Waals surface area (Å²) in [6, 6.07) is 7.55. The number of halogens is 3. The summed E-state index contributed by atoms with van der Waals surface area (Å²) in [5.41, 5.74) is 8.64. The van der Waals surface area contributed by atoms with E-state index in [-0.39, 0.29) is 52.7 Å². The average Bonchev–Trinajstić information content (AvgIpc) is 3.37. The molecule has 0 radical (unpaired) electrons. The van der Waals surface area contributed by atoms with Crippen molar-refractivity contribution < 1.29 is 23.1 Å². The molecule has 0 unspecified atom stereocenters. The minimum atomic E-state index is -0.687. The molecule has 2 aromatic carbocycles. The lowest BCUT2D eigenvalue weighted by Gasteiger charge is -2.12. The van der Waals surface area contributed by atoms with Crippen LogP contribution in [0.2, 0.25) is 10.0 Å². The number of Topliss-reactive ketones (excluding diaryl/α,β-unsaturated/α-hetero) is 1. The number of methoxy groups -OCH3 is 1. The number of ketones is 1. The Bertz CT molecular complexity index is 1400. The van der Waals surface area contributed by atoms with E-state index in [2.05, 4.69) is 15.2 Å². The van der Waals surface area contributed by atoms with Gasteiger partial charge in [-0.25, -0.2) is 4.39 Å². The number of H-pyrrole nitrogens is 1. The van der Waals surface area contributed by atoms with E-state index >= 15 is 4.39 Å². The number of aromatic amines is 1. The van der Waals surface area contributed by atoms with Gasteiger partial charge in [-0.15, -0.1) is 10.2 Å². The molecular formula is C24H21Cl2FN4O4. The van der Waals surface area contributed by atoms with E-state index in [0.717, 1.165) is 0 Å². The van der Waals surface area contributed by atoms with Gasteiger partial charge in [-0.05, 0) is 37.6 Å². The number of nitrogen functional groups attached to an aromatic ring is 1. The summed E-state index contributed by atoms with van der Waals surface area (Å²) in [6.45, 7) is 3.46. The summed E-state index contributed by atoms with van der Waals surface area (Å²) < 4.78 is 31.9. The molecule has 0 aliphatic rings. The van der Waals surface area contributed by atoms with Gasteiger partial charge >= 0.3 is 0 Å². The van der Waals surface area contributed by atoms with Crippen LogP contribution in [0.5, 0.6) is 11.5 Å². The van der Waals surface area contributed by atoms with E-state index in [1.807, 2.05) is 0 Å². The Balaban J connectivity index is 1.62.